The molecule has 0 atom stereocenters. The van der Waals surface area contributed by atoms with Gasteiger partial charge in [0.2, 0.25) is 5.78 Å². The molecule has 0 aliphatic carbocycles. The molecule has 1 aromatic carbocycles. The number of alkyl halides is 3. The van der Waals surface area contributed by atoms with Gasteiger partial charge in [0.1, 0.15) is 5.76 Å². The Balaban J connectivity index is 2.13. The van der Waals surface area contributed by atoms with Crippen LogP contribution in [0, 0.1) is 6.92 Å². The van der Waals surface area contributed by atoms with Crippen molar-refractivity contribution in [3.63, 3.8) is 0 Å². The van der Waals surface area contributed by atoms with Crippen molar-refractivity contribution in [1.29, 1.82) is 0 Å². The number of nitrogens with one attached hydrogen (secondary N) is 1. The molecule has 0 aliphatic rings. The lowest BCUT2D eigenvalue weighted by molar-refractivity contribution is -0.137. The van der Waals surface area contributed by atoms with Gasteiger partial charge in [-0.25, -0.2) is 0 Å². The second kappa shape index (κ2) is 6.09. The van der Waals surface area contributed by atoms with Crippen LogP contribution in [-0.4, -0.2) is 5.78 Å². The van der Waals surface area contributed by atoms with Gasteiger partial charge >= 0.3 is 6.18 Å². The highest BCUT2D eigenvalue weighted by Gasteiger charge is 2.30. The first-order valence-corrected chi connectivity index (χ1v) is 6.49. The number of anilines is 1. The van der Waals surface area contributed by atoms with E-state index in [1.54, 1.807) is 26.0 Å². The van der Waals surface area contributed by atoms with E-state index in [0.29, 0.717) is 11.5 Å². The Bertz CT molecular complexity index is 714. The molecule has 0 bridgehead atoms. The van der Waals surface area contributed by atoms with Gasteiger partial charge in [0.05, 0.1) is 5.56 Å². The fourth-order valence-electron chi connectivity index (χ4n) is 1.87. The minimum atomic E-state index is -4.41. The standard InChI is InChI=1S/C16H14F3NO2/c1-10(8-14(21)15-7-6-11(2)22-15)20-13-5-3-4-12(9-13)16(17,18)19/h3-9,20H,1-2H3. The summed E-state index contributed by atoms with van der Waals surface area (Å²) in [4.78, 5) is 11.9. The number of carbonyl (C=O) groups is 1. The van der Waals surface area contributed by atoms with Gasteiger partial charge in [-0.2, -0.15) is 13.2 Å². The first kappa shape index (κ1) is 15.9. The Kier molecular flexibility index (Phi) is 4.40. The van der Waals surface area contributed by atoms with Crippen molar-refractivity contribution in [3.05, 3.63) is 65.3 Å². The molecule has 1 N–H and O–H groups in total. The highest BCUT2D eigenvalue weighted by molar-refractivity contribution is 6.03. The van der Waals surface area contributed by atoms with Crippen molar-refractivity contribution in [1.82, 2.24) is 0 Å². The number of hydrogen-bond donors (Lipinski definition) is 1. The summed E-state index contributed by atoms with van der Waals surface area (Å²) in [5.41, 5.74) is -0.0799. The molecule has 1 aromatic heterocycles. The zero-order valence-corrected chi connectivity index (χ0v) is 12.0. The maximum absolute atomic E-state index is 12.6. The topological polar surface area (TPSA) is 42.2 Å². The van der Waals surface area contributed by atoms with E-state index in [4.69, 9.17) is 4.42 Å². The average molecular weight is 309 g/mol. The molecule has 0 saturated carbocycles. The molecule has 2 rings (SSSR count). The highest BCUT2D eigenvalue weighted by atomic mass is 19.4. The van der Waals surface area contributed by atoms with Crippen LogP contribution in [0.2, 0.25) is 0 Å². The number of furan rings is 1. The van der Waals surface area contributed by atoms with Gasteiger partial charge in [-0.15, -0.1) is 0 Å². The minimum Gasteiger partial charge on any atom is -0.458 e. The van der Waals surface area contributed by atoms with Crippen LogP contribution in [0.15, 0.2) is 52.6 Å². The number of halogens is 3. The predicted molar refractivity (Wildman–Crippen MR) is 76.6 cm³/mol. The molecule has 0 aliphatic heterocycles. The molecule has 0 saturated heterocycles. The summed E-state index contributed by atoms with van der Waals surface area (Å²) in [6, 6.07) is 7.98. The van der Waals surface area contributed by atoms with Gasteiger partial charge in [-0.1, -0.05) is 6.07 Å². The van der Waals surface area contributed by atoms with Gasteiger partial charge in [0.25, 0.3) is 0 Å². The summed E-state index contributed by atoms with van der Waals surface area (Å²) in [5.74, 6) is 0.438. The van der Waals surface area contributed by atoms with Crippen molar-refractivity contribution in [2.45, 2.75) is 20.0 Å². The third-order valence-corrected chi connectivity index (χ3v) is 2.86. The number of hydrogen-bond acceptors (Lipinski definition) is 3. The van der Waals surface area contributed by atoms with Crippen molar-refractivity contribution < 1.29 is 22.4 Å². The molecule has 2 aromatic rings. The smallest absolute Gasteiger partial charge is 0.416 e. The fraction of sp³-hybridized carbons (Fsp3) is 0.188. The summed E-state index contributed by atoms with van der Waals surface area (Å²) >= 11 is 0. The Morgan fingerprint density at radius 2 is 1.95 bits per heavy atom. The molecule has 0 fully saturated rings. The van der Waals surface area contributed by atoms with E-state index >= 15 is 0 Å². The lowest BCUT2D eigenvalue weighted by Crippen LogP contribution is -2.06. The van der Waals surface area contributed by atoms with E-state index in [2.05, 4.69) is 5.32 Å². The predicted octanol–water partition coefficient (Wildman–Crippen LogP) is 4.81. The third kappa shape index (κ3) is 4.00. The molecular weight excluding hydrogens is 295 g/mol. The number of ketones is 1. The van der Waals surface area contributed by atoms with Crippen molar-refractivity contribution in [2.24, 2.45) is 0 Å². The SMILES string of the molecule is CC(=CC(=O)c1ccc(C)o1)Nc1cccc(C(F)(F)F)c1. The van der Waals surface area contributed by atoms with E-state index in [9.17, 15) is 18.0 Å². The van der Waals surface area contributed by atoms with Crippen LogP contribution in [-0.2, 0) is 6.18 Å². The largest absolute Gasteiger partial charge is 0.458 e. The zero-order valence-electron chi connectivity index (χ0n) is 12.0. The van der Waals surface area contributed by atoms with Crippen LogP contribution in [0.1, 0.15) is 28.8 Å². The van der Waals surface area contributed by atoms with Crippen molar-refractivity contribution >= 4 is 11.5 Å². The molecule has 0 spiro atoms. The quantitative estimate of drug-likeness (QED) is 0.651. The van der Waals surface area contributed by atoms with Gasteiger partial charge in [0.15, 0.2) is 5.76 Å². The van der Waals surface area contributed by atoms with Crippen molar-refractivity contribution in [2.75, 3.05) is 5.32 Å². The van der Waals surface area contributed by atoms with Crippen LogP contribution >= 0.6 is 0 Å². The highest BCUT2D eigenvalue weighted by Crippen LogP contribution is 2.30. The van der Waals surface area contributed by atoms with Gasteiger partial charge in [-0.3, -0.25) is 4.79 Å². The summed E-state index contributed by atoms with van der Waals surface area (Å²) in [7, 11) is 0. The first-order chi connectivity index (χ1) is 10.3. The summed E-state index contributed by atoms with van der Waals surface area (Å²) < 4.78 is 43.1. The van der Waals surface area contributed by atoms with Crippen molar-refractivity contribution in [3.8, 4) is 0 Å². The van der Waals surface area contributed by atoms with E-state index in [0.717, 1.165) is 12.1 Å². The Morgan fingerprint density at radius 1 is 1.23 bits per heavy atom. The van der Waals surface area contributed by atoms with E-state index in [1.165, 1.54) is 18.2 Å². The molecule has 0 unspecified atom stereocenters. The fourth-order valence-corrected chi connectivity index (χ4v) is 1.87. The number of carbonyl (C=O) groups excluding carboxylic acids is 1. The van der Waals surface area contributed by atoms with Gasteiger partial charge in [-0.05, 0) is 44.2 Å². The Hall–Kier alpha value is -2.50. The van der Waals surface area contributed by atoms with Gasteiger partial charge in [0, 0.05) is 17.5 Å². The Morgan fingerprint density at radius 3 is 2.55 bits per heavy atom. The van der Waals surface area contributed by atoms with Gasteiger partial charge < -0.3 is 9.73 Å². The number of rotatable bonds is 4. The van der Waals surface area contributed by atoms with E-state index in [1.807, 2.05) is 0 Å². The summed E-state index contributed by atoms with van der Waals surface area (Å²) in [6.07, 6.45) is -3.13. The lowest BCUT2D eigenvalue weighted by Gasteiger charge is -2.10. The normalized spacial score (nSPS) is 12.3. The first-order valence-electron chi connectivity index (χ1n) is 6.49. The molecule has 1 heterocycles. The maximum Gasteiger partial charge on any atom is 0.416 e. The lowest BCUT2D eigenvalue weighted by atomic mass is 10.2. The summed E-state index contributed by atoms with van der Waals surface area (Å²) in [5, 5.41) is 2.76. The zero-order chi connectivity index (χ0) is 16.3. The molecular formula is C16H14F3NO2. The monoisotopic (exact) mass is 309 g/mol. The van der Waals surface area contributed by atoms with Crippen LogP contribution in [0.4, 0.5) is 18.9 Å². The van der Waals surface area contributed by atoms with Crippen LogP contribution in [0.25, 0.3) is 0 Å². The second-order valence-electron chi connectivity index (χ2n) is 4.81. The molecule has 0 radical (unpaired) electrons. The van der Waals surface area contributed by atoms with E-state index < -0.39 is 11.7 Å². The molecule has 116 valence electrons. The van der Waals surface area contributed by atoms with E-state index in [-0.39, 0.29) is 17.2 Å². The number of benzene rings is 1. The molecule has 22 heavy (non-hydrogen) atoms. The number of allylic oxidation sites excluding steroid dienone is 2. The van der Waals surface area contributed by atoms with Crippen LogP contribution in [0.5, 0.6) is 0 Å². The molecule has 6 heteroatoms. The second-order valence-corrected chi connectivity index (χ2v) is 4.81. The number of aryl methyl sites for hydroxylation is 1. The average Bonchev–Trinajstić information content (AvgIpc) is 2.84. The Labute approximate surface area is 125 Å². The van der Waals surface area contributed by atoms with Crippen LogP contribution < -0.4 is 5.32 Å². The molecule has 0 amide bonds. The van der Waals surface area contributed by atoms with Crippen LogP contribution in [0.3, 0.4) is 0 Å². The summed E-state index contributed by atoms with van der Waals surface area (Å²) in [6.45, 7) is 3.31. The molecule has 3 nitrogen and oxygen atoms in total. The minimum absolute atomic E-state index is 0.183. The third-order valence-electron chi connectivity index (χ3n) is 2.86. The maximum atomic E-state index is 12.6.